The highest BCUT2D eigenvalue weighted by atomic mass is 79.9. The molecule has 0 aliphatic rings. The number of methoxy groups -OCH3 is 1. The molecule has 0 bridgehead atoms. The zero-order valence-electron chi connectivity index (χ0n) is 9.63. The van der Waals surface area contributed by atoms with E-state index in [1.54, 1.807) is 25.3 Å². The van der Waals surface area contributed by atoms with Crippen molar-refractivity contribution in [2.24, 2.45) is 0 Å². The van der Waals surface area contributed by atoms with Crippen LogP contribution in [0.1, 0.15) is 23.2 Å². The molecular formula is C12H15Br2NO2. The first-order valence-electron chi connectivity index (χ1n) is 5.36. The molecule has 0 heterocycles. The third-order valence-corrected chi connectivity index (χ3v) is 3.44. The molecule has 1 aromatic rings. The van der Waals surface area contributed by atoms with E-state index in [4.69, 9.17) is 4.74 Å². The predicted octanol–water partition coefficient (Wildman–Crippen LogP) is 3.36. The van der Waals surface area contributed by atoms with Crippen LogP contribution in [0, 0.1) is 0 Å². The average Bonchev–Trinajstić information content (AvgIpc) is 2.34. The number of carbonyl (C=O) groups is 1. The number of hydrogen-bond donors (Lipinski definition) is 1. The largest absolute Gasteiger partial charge is 0.496 e. The second-order valence-electron chi connectivity index (χ2n) is 3.50. The molecule has 0 saturated heterocycles. The summed E-state index contributed by atoms with van der Waals surface area (Å²) in [5.41, 5.74) is 0.636. The van der Waals surface area contributed by atoms with Crippen molar-refractivity contribution < 1.29 is 9.53 Å². The number of amides is 1. The van der Waals surface area contributed by atoms with Gasteiger partial charge in [-0.25, -0.2) is 0 Å². The molecule has 3 nitrogen and oxygen atoms in total. The molecule has 5 heteroatoms. The Labute approximate surface area is 118 Å². The maximum atomic E-state index is 11.8. The van der Waals surface area contributed by atoms with Crippen LogP contribution in [-0.4, -0.2) is 24.9 Å². The number of halogens is 2. The molecule has 0 spiro atoms. The van der Waals surface area contributed by atoms with Gasteiger partial charge in [-0.3, -0.25) is 4.79 Å². The van der Waals surface area contributed by atoms with E-state index in [-0.39, 0.29) is 5.91 Å². The zero-order chi connectivity index (χ0) is 12.7. The van der Waals surface area contributed by atoms with Crippen LogP contribution in [0.4, 0.5) is 0 Å². The van der Waals surface area contributed by atoms with Crippen molar-refractivity contribution in [3.63, 3.8) is 0 Å². The van der Waals surface area contributed by atoms with Gasteiger partial charge in [0.2, 0.25) is 0 Å². The van der Waals surface area contributed by atoms with Crippen molar-refractivity contribution in [1.82, 2.24) is 5.32 Å². The summed E-state index contributed by atoms with van der Waals surface area (Å²) >= 11 is 6.71. The first kappa shape index (κ1) is 14.5. The molecule has 1 amide bonds. The fourth-order valence-electron chi connectivity index (χ4n) is 1.33. The van der Waals surface area contributed by atoms with Crippen LogP contribution in [-0.2, 0) is 0 Å². The third kappa shape index (κ3) is 4.68. The standard InChI is InChI=1S/C12H15Br2NO2/c1-17-11-5-4-9(8-10(11)14)12(16)15-7-3-2-6-13/h4-5,8H,2-3,6-7H2,1H3,(H,15,16). The second kappa shape index (κ2) is 7.71. The normalized spacial score (nSPS) is 10.1. The number of rotatable bonds is 6. The van der Waals surface area contributed by atoms with Gasteiger partial charge in [0.05, 0.1) is 11.6 Å². The van der Waals surface area contributed by atoms with E-state index in [1.807, 2.05) is 0 Å². The van der Waals surface area contributed by atoms with Crippen molar-refractivity contribution in [2.45, 2.75) is 12.8 Å². The van der Waals surface area contributed by atoms with Gasteiger partial charge < -0.3 is 10.1 Å². The Morgan fingerprint density at radius 3 is 2.76 bits per heavy atom. The summed E-state index contributed by atoms with van der Waals surface area (Å²) in [6.07, 6.45) is 2.04. The highest BCUT2D eigenvalue weighted by Crippen LogP contribution is 2.25. The minimum Gasteiger partial charge on any atom is -0.496 e. The van der Waals surface area contributed by atoms with Gasteiger partial charge in [0.1, 0.15) is 5.75 Å². The summed E-state index contributed by atoms with van der Waals surface area (Å²) in [5, 5.41) is 3.85. The lowest BCUT2D eigenvalue weighted by atomic mass is 10.2. The lowest BCUT2D eigenvalue weighted by Gasteiger charge is -2.07. The van der Waals surface area contributed by atoms with Crippen LogP contribution in [0.15, 0.2) is 22.7 Å². The Morgan fingerprint density at radius 2 is 2.18 bits per heavy atom. The van der Waals surface area contributed by atoms with Crippen LogP contribution in [0.25, 0.3) is 0 Å². The van der Waals surface area contributed by atoms with E-state index >= 15 is 0 Å². The number of benzene rings is 1. The van der Waals surface area contributed by atoms with Gasteiger partial charge in [-0.05, 0) is 47.0 Å². The fourth-order valence-corrected chi connectivity index (χ4v) is 2.27. The number of unbranched alkanes of at least 4 members (excludes halogenated alkanes) is 1. The summed E-state index contributed by atoms with van der Waals surface area (Å²) in [4.78, 5) is 11.8. The van der Waals surface area contributed by atoms with Crippen molar-refractivity contribution in [3.8, 4) is 5.75 Å². The maximum absolute atomic E-state index is 11.8. The van der Waals surface area contributed by atoms with Gasteiger partial charge in [-0.2, -0.15) is 0 Å². The lowest BCUT2D eigenvalue weighted by Crippen LogP contribution is -2.24. The number of alkyl halides is 1. The first-order chi connectivity index (χ1) is 8.19. The minimum atomic E-state index is -0.0528. The molecule has 17 heavy (non-hydrogen) atoms. The summed E-state index contributed by atoms with van der Waals surface area (Å²) in [7, 11) is 1.60. The quantitative estimate of drug-likeness (QED) is 0.620. The Morgan fingerprint density at radius 1 is 1.41 bits per heavy atom. The summed E-state index contributed by atoms with van der Waals surface area (Å²) in [5.74, 6) is 0.670. The number of carbonyl (C=O) groups excluding carboxylic acids is 1. The van der Waals surface area contributed by atoms with Gasteiger partial charge in [-0.1, -0.05) is 15.9 Å². The van der Waals surface area contributed by atoms with Gasteiger partial charge in [0.25, 0.3) is 5.91 Å². The minimum absolute atomic E-state index is 0.0528. The van der Waals surface area contributed by atoms with Crippen molar-refractivity contribution in [3.05, 3.63) is 28.2 Å². The van der Waals surface area contributed by atoms with Gasteiger partial charge in [-0.15, -0.1) is 0 Å². The first-order valence-corrected chi connectivity index (χ1v) is 7.28. The Hall–Kier alpha value is -0.550. The Balaban J connectivity index is 2.54. The summed E-state index contributed by atoms with van der Waals surface area (Å²) < 4.78 is 5.89. The molecule has 0 saturated carbocycles. The molecule has 0 radical (unpaired) electrons. The van der Waals surface area contributed by atoms with E-state index in [0.29, 0.717) is 12.1 Å². The van der Waals surface area contributed by atoms with Crippen molar-refractivity contribution in [2.75, 3.05) is 19.0 Å². The number of nitrogens with one attached hydrogen (secondary N) is 1. The monoisotopic (exact) mass is 363 g/mol. The van der Waals surface area contributed by atoms with Gasteiger partial charge in [0.15, 0.2) is 0 Å². The van der Waals surface area contributed by atoms with E-state index in [0.717, 1.165) is 28.4 Å². The summed E-state index contributed by atoms with van der Waals surface area (Å²) in [6.45, 7) is 0.702. The van der Waals surface area contributed by atoms with Crippen molar-refractivity contribution >= 4 is 37.8 Å². The van der Waals surface area contributed by atoms with Crippen LogP contribution >= 0.6 is 31.9 Å². The molecule has 0 aliphatic carbocycles. The molecule has 0 atom stereocenters. The Kier molecular flexibility index (Phi) is 6.58. The topological polar surface area (TPSA) is 38.3 Å². The Bertz CT molecular complexity index is 383. The van der Waals surface area contributed by atoms with E-state index in [1.165, 1.54) is 0 Å². The van der Waals surface area contributed by atoms with Crippen molar-refractivity contribution in [1.29, 1.82) is 0 Å². The number of ether oxygens (including phenoxy) is 1. The van der Waals surface area contributed by atoms with Crippen LogP contribution in [0.3, 0.4) is 0 Å². The summed E-state index contributed by atoms with van der Waals surface area (Å²) in [6, 6.07) is 5.29. The lowest BCUT2D eigenvalue weighted by molar-refractivity contribution is 0.0953. The molecule has 1 N–H and O–H groups in total. The van der Waals surface area contributed by atoms with Gasteiger partial charge >= 0.3 is 0 Å². The van der Waals surface area contributed by atoms with Crippen LogP contribution < -0.4 is 10.1 Å². The molecule has 94 valence electrons. The molecular weight excluding hydrogens is 350 g/mol. The maximum Gasteiger partial charge on any atom is 0.251 e. The average molecular weight is 365 g/mol. The number of hydrogen-bond acceptors (Lipinski definition) is 2. The SMILES string of the molecule is COc1ccc(C(=O)NCCCCBr)cc1Br. The molecule has 1 rings (SSSR count). The predicted molar refractivity (Wildman–Crippen MR) is 76.1 cm³/mol. The van der Waals surface area contributed by atoms with E-state index in [2.05, 4.69) is 37.2 Å². The molecule has 0 fully saturated rings. The fraction of sp³-hybridized carbons (Fsp3) is 0.417. The van der Waals surface area contributed by atoms with Crippen LogP contribution in [0.5, 0.6) is 5.75 Å². The molecule has 1 aromatic carbocycles. The van der Waals surface area contributed by atoms with E-state index < -0.39 is 0 Å². The van der Waals surface area contributed by atoms with E-state index in [9.17, 15) is 4.79 Å². The second-order valence-corrected chi connectivity index (χ2v) is 5.15. The van der Waals surface area contributed by atoms with Gasteiger partial charge in [0, 0.05) is 17.4 Å². The molecule has 0 unspecified atom stereocenters. The molecule has 0 aliphatic heterocycles. The molecule has 0 aromatic heterocycles. The smallest absolute Gasteiger partial charge is 0.251 e. The third-order valence-electron chi connectivity index (χ3n) is 2.26. The highest BCUT2D eigenvalue weighted by molar-refractivity contribution is 9.10. The van der Waals surface area contributed by atoms with Crippen LogP contribution in [0.2, 0.25) is 0 Å². The highest BCUT2D eigenvalue weighted by Gasteiger charge is 2.07. The zero-order valence-corrected chi connectivity index (χ0v) is 12.8.